The fourth-order valence-electron chi connectivity index (χ4n) is 4.81. The van der Waals surface area contributed by atoms with E-state index in [0.29, 0.717) is 15.6 Å². The summed E-state index contributed by atoms with van der Waals surface area (Å²) in [5.74, 6) is -0.960. The van der Waals surface area contributed by atoms with Gasteiger partial charge in [0, 0.05) is 28.5 Å². The van der Waals surface area contributed by atoms with E-state index in [9.17, 15) is 18.0 Å². The number of nitrogens with one attached hydrogen (secondary N) is 1. The van der Waals surface area contributed by atoms with Crippen LogP contribution in [0, 0.1) is 6.92 Å². The molecule has 4 aromatic rings. The minimum atomic E-state index is -4.23. The molecule has 0 saturated heterocycles. The van der Waals surface area contributed by atoms with Crippen molar-refractivity contribution in [2.45, 2.75) is 57.1 Å². The summed E-state index contributed by atoms with van der Waals surface area (Å²) in [5.41, 5.74) is 1.96. The van der Waals surface area contributed by atoms with Gasteiger partial charge in [-0.2, -0.15) is 0 Å². The molecule has 236 valence electrons. The van der Waals surface area contributed by atoms with Gasteiger partial charge in [0.2, 0.25) is 11.8 Å². The third-order valence-corrected chi connectivity index (χ3v) is 9.44. The Labute approximate surface area is 275 Å². The molecule has 10 heteroatoms. The Morgan fingerprint density at radius 1 is 0.844 bits per heavy atom. The monoisotopic (exact) mass is 665 g/mol. The fraction of sp³-hybridized carbons (Fsp3) is 0.257. The van der Waals surface area contributed by atoms with Crippen LogP contribution in [-0.4, -0.2) is 43.3 Å². The van der Waals surface area contributed by atoms with Gasteiger partial charge >= 0.3 is 0 Å². The zero-order valence-electron chi connectivity index (χ0n) is 25.7. The highest BCUT2D eigenvalue weighted by Crippen LogP contribution is 2.28. The molecule has 2 amide bonds. The summed E-state index contributed by atoms with van der Waals surface area (Å²) in [7, 11) is -4.23. The van der Waals surface area contributed by atoms with Crippen molar-refractivity contribution in [3.05, 3.63) is 130 Å². The SMILES string of the molecule is Cc1ccc(S(=O)(=O)N(CC(=O)N(Cc2ccccc2Cl)[C@@H](Cc2ccccc2)C(=O)NC(C)(C)C)c2cccc(Cl)c2)cc1. The Balaban J connectivity index is 1.83. The fourth-order valence-corrected chi connectivity index (χ4v) is 6.60. The maximum Gasteiger partial charge on any atom is 0.264 e. The summed E-state index contributed by atoms with van der Waals surface area (Å²) in [6.45, 7) is 6.83. The predicted molar refractivity (Wildman–Crippen MR) is 181 cm³/mol. The first kappa shape index (κ1) is 34.0. The molecule has 0 aliphatic heterocycles. The lowest BCUT2D eigenvalue weighted by Crippen LogP contribution is -2.56. The number of amides is 2. The first-order valence-corrected chi connectivity index (χ1v) is 16.7. The normalized spacial score (nSPS) is 12.3. The number of nitrogens with zero attached hydrogens (tertiary/aromatic N) is 2. The van der Waals surface area contributed by atoms with Crippen LogP contribution in [0.5, 0.6) is 0 Å². The van der Waals surface area contributed by atoms with Gasteiger partial charge in [-0.25, -0.2) is 8.42 Å². The maximum atomic E-state index is 14.5. The molecule has 0 aliphatic carbocycles. The number of rotatable bonds is 11. The van der Waals surface area contributed by atoms with Crippen molar-refractivity contribution in [3.63, 3.8) is 0 Å². The molecule has 7 nitrogen and oxygen atoms in total. The van der Waals surface area contributed by atoms with Gasteiger partial charge in [-0.1, -0.05) is 95.5 Å². The van der Waals surface area contributed by atoms with Gasteiger partial charge in [0.25, 0.3) is 10.0 Å². The second-order valence-electron chi connectivity index (χ2n) is 11.9. The van der Waals surface area contributed by atoms with Crippen molar-refractivity contribution >= 4 is 50.7 Å². The highest BCUT2D eigenvalue weighted by molar-refractivity contribution is 7.92. The predicted octanol–water partition coefficient (Wildman–Crippen LogP) is 7.05. The zero-order valence-corrected chi connectivity index (χ0v) is 28.0. The molecule has 1 N–H and O–H groups in total. The number of carbonyl (C=O) groups is 2. The van der Waals surface area contributed by atoms with Crippen LogP contribution in [-0.2, 0) is 32.6 Å². The van der Waals surface area contributed by atoms with E-state index in [0.717, 1.165) is 15.4 Å². The first-order valence-electron chi connectivity index (χ1n) is 14.5. The molecule has 4 aromatic carbocycles. The Bertz CT molecular complexity index is 1740. The highest BCUT2D eigenvalue weighted by atomic mass is 35.5. The largest absolute Gasteiger partial charge is 0.350 e. The van der Waals surface area contributed by atoms with Gasteiger partial charge in [-0.05, 0) is 75.2 Å². The van der Waals surface area contributed by atoms with Gasteiger partial charge < -0.3 is 10.2 Å². The van der Waals surface area contributed by atoms with E-state index < -0.39 is 34.1 Å². The van der Waals surface area contributed by atoms with E-state index in [-0.39, 0.29) is 29.5 Å². The van der Waals surface area contributed by atoms with Gasteiger partial charge in [0.1, 0.15) is 12.6 Å². The molecule has 0 heterocycles. The van der Waals surface area contributed by atoms with E-state index in [2.05, 4.69) is 5.32 Å². The van der Waals surface area contributed by atoms with Crippen LogP contribution < -0.4 is 9.62 Å². The number of sulfonamides is 1. The van der Waals surface area contributed by atoms with Crippen molar-refractivity contribution in [2.24, 2.45) is 0 Å². The topological polar surface area (TPSA) is 86.8 Å². The maximum absolute atomic E-state index is 14.5. The smallest absolute Gasteiger partial charge is 0.264 e. The average molecular weight is 667 g/mol. The third-order valence-electron chi connectivity index (χ3n) is 7.05. The highest BCUT2D eigenvalue weighted by Gasteiger charge is 2.36. The number of benzene rings is 4. The van der Waals surface area contributed by atoms with Crippen LogP contribution in [0.25, 0.3) is 0 Å². The molecule has 0 radical (unpaired) electrons. The van der Waals surface area contributed by atoms with E-state index >= 15 is 0 Å². The molecule has 0 bridgehead atoms. The number of anilines is 1. The van der Waals surface area contributed by atoms with Crippen molar-refractivity contribution in [1.29, 1.82) is 0 Å². The third kappa shape index (κ3) is 9.10. The number of halogens is 2. The van der Waals surface area contributed by atoms with Crippen molar-refractivity contribution in [2.75, 3.05) is 10.8 Å². The molecular formula is C35H37Cl2N3O4S. The molecular weight excluding hydrogens is 629 g/mol. The van der Waals surface area contributed by atoms with E-state index in [4.69, 9.17) is 23.2 Å². The van der Waals surface area contributed by atoms with Gasteiger partial charge in [0.15, 0.2) is 0 Å². The van der Waals surface area contributed by atoms with E-state index in [1.807, 2.05) is 58.0 Å². The number of hydrogen-bond donors (Lipinski definition) is 1. The van der Waals surface area contributed by atoms with Crippen LogP contribution in [0.3, 0.4) is 0 Å². The van der Waals surface area contributed by atoms with Gasteiger partial charge in [-0.3, -0.25) is 13.9 Å². The molecule has 4 rings (SSSR count). The number of hydrogen-bond acceptors (Lipinski definition) is 4. The van der Waals surface area contributed by atoms with Crippen LogP contribution in [0.1, 0.15) is 37.5 Å². The van der Waals surface area contributed by atoms with Gasteiger partial charge in [0.05, 0.1) is 10.6 Å². The van der Waals surface area contributed by atoms with Crippen molar-refractivity contribution < 1.29 is 18.0 Å². The summed E-state index contributed by atoms with van der Waals surface area (Å²) >= 11 is 12.8. The number of carbonyl (C=O) groups excluding carboxylic acids is 2. The van der Waals surface area contributed by atoms with Crippen LogP contribution in [0.4, 0.5) is 5.69 Å². The molecule has 0 saturated carbocycles. The average Bonchev–Trinajstić information content (AvgIpc) is 2.98. The van der Waals surface area contributed by atoms with E-state index in [1.165, 1.54) is 23.1 Å². The lowest BCUT2D eigenvalue weighted by atomic mass is 10.0. The Morgan fingerprint density at radius 2 is 1.49 bits per heavy atom. The molecule has 0 fully saturated rings. The van der Waals surface area contributed by atoms with Crippen LogP contribution in [0.2, 0.25) is 10.0 Å². The second kappa shape index (κ2) is 14.5. The summed E-state index contributed by atoms with van der Waals surface area (Å²) in [6, 6.07) is 28.2. The minimum Gasteiger partial charge on any atom is -0.350 e. The molecule has 45 heavy (non-hydrogen) atoms. The zero-order chi connectivity index (χ0) is 32.8. The molecule has 0 aromatic heterocycles. The summed E-state index contributed by atoms with van der Waals surface area (Å²) < 4.78 is 29.3. The van der Waals surface area contributed by atoms with E-state index in [1.54, 1.807) is 54.6 Å². The Hall–Kier alpha value is -3.85. The van der Waals surface area contributed by atoms with Gasteiger partial charge in [-0.15, -0.1) is 0 Å². The molecule has 1 atom stereocenters. The second-order valence-corrected chi connectivity index (χ2v) is 14.6. The number of aryl methyl sites for hydroxylation is 1. The van der Waals surface area contributed by atoms with Crippen LogP contribution >= 0.6 is 23.2 Å². The first-order chi connectivity index (χ1) is 21.2. The Kier molecular flexibility index (Phi) is 11.0. The molecule has 0 spiro atoms. The van der Waals surface area contributed by atoms with Crippen molar-refractivity contribution in [3.8, 4) is 0 Å². The Morgan fingerprint density at radius 3 is 2.11 bits per heavy atom. The van der Waals surface area contributed by atoms with Crippen molar-refractivity contribution in [1.82, 2.24) is 10.2 Å². The lowest BCUT2D eigenvalue weighted by Gasteiger charge is -2.35. The molecule has 0 aliphatic rings. The van der Waals surface area contributed by atoms with Crippen LogP contribution in [0.15, 0.2) is 108 Å². The standard InChI is InChI=1S/C35H37Cl2N3O4S/c1-25-17-19-30(20-18-25)45(43,44)40(29-15-10-14-28(36)22-29)24-33(41)39(23-27-13-8-9-16-31(27)37)32(34(42)38-35(2,3)4)21-26-11-6-5-7-12-26/h5-20,22,32H,21,23-24H2,1-4H3,(H,38,42)/t32-/m0/s1. The lowest BCUT2D eigenvalue weighted by molar-refractivity contribution is -0.140. The minimum absolute atomic E-state index is 0.0184. The quantitative estimate of drug-likeness (QED) is 0.186. The molecule has 0 unspecified atom stereocenters. The summed E-state index contributed by atoms with van der Waals surface area (Å²) in [6.07, 6.45) is 0.195. The summed E-state index contributed by atoms with van der Waals surface area (Å²) in [5, 5.41) is 3.74. The summed E-state index contributed by atoms with van der Waals surface area (Å²) in [4.78, 5) is 29.9.